The summed E-state index contributed by atoms with van der Waals surface area (Å²) in [4.78, 5) is 25.3. The van der Waals surface area contributed by atoms with Gasteiger partial charge in [-0.3, -0.25) is 9.59 Å². The highest BCUT2D eigenvalue weighted by Gasteiger charge is 2.25. The van der Waals surface area contributed by atoms with Crippen LogP contribution in [0, 0.1) is 12.8 Å². The van der Waals surface area contributed by atoms with Gasteiger partial charge < -0.3 is 15.4 Å². The summed E-state index contributed by atoms with van der Waals surface area (Å²) in [5.74, 6) is -0.0534. The van der Waals surface area contributed by atoms with Gasteiger partial charge in [0.15, 0.2) is 0 Å². The molecule has 144 valence electrons. The molecular weight excluding hydrogens is 340 g/mol. The van der Waals surface area contributed by atoms with E-state index in [1.807, 2.05) is 58.0 Å². The number of nitrogens with one attached hydrogen (secondary N) is 2. The molecular formula is C22H28N2O3. The van der Waals surface area contributed by atoms with Crippen molar-refractivity contribution in [1.29, 1.82) is 0 Å². The average Bonchev–Trinajstić information content (AvgIpc) is 2.65. The number of carbonyl (C=O) groups excluding carboxylic acids is 2. The van der Waals surface area contributed by atoms with Gasteiger partial charge >= 0.3 is 0 Å². The summed E-state index contributed by atoms with van der Waals surface area (Å²) in [7, 11) is 0. The second-order valence-corrected chi connectivity index (χ2v) is 6.83. The molecule has 0 fully saturated rings. The van der Waals surface area contributed by atoms with E-state index in [1.54, 1.807) is 18.2 Å². The SMILES string of the molecule is CCOc1ccccc1C(=O)N[C@H](C(=O)NCc1ccc(C)cc1)C(C)C. The van der Waals surface area contributed by atoms with Crippen LogP contribution in [0.2, 0.25) is 0 Å². The van der Waals surface area contributed by atoms with E-state index >= 15 is 0 Å². The second-order valence-electron chi connectivity index (χ2n) is 6.83. The molecule has 5 heteroatoms. The van der Waals surface area contributed by atoms with Crippen molar-refractivity contribution in [1.82, 2.24) is 10.6 Å². The topological polar surface area (TPSA) is 67.4 Å². The fourth-order valence-electron chi connectivity index (χ4n) is 2.69. The average molecular weight is 368 g/mol. The molecule has 2 aromatic carbocycles. The maximum absolute atomic E-state index is 12.7. The normalized spacial score (nSPS) is 11.7. The summed E-state index contributed by atoms with van der Waals surface area (Å²) < 4.78 is 5.51. The van der Waals surface area contributed by atoms with Crippen molar-refractivity contribution in [3.05, 3.63) is 65.2 Å². The van der Waals surface area contributed by atoms with Crippen LogP contribution in [0.1, 0.15) is 42.3 Å². The third-order valence-corrected chi connectivity index (χ3v) is 4.25. The summed E-state index contributed by atoms with van der Waals surface area (Å²) in [5, 5.41) is 5.76. The molecule has 1 atom stereocenters. The molecule has 0 aliphatic rings. The van der Waals surface area contributed by atoms with Crippen molar-refractivity contribution in [3.8, 4) is 5.75 Å². The van der Waals surface area contributed by atoms with Crippen LogP contribution in [-0.4, -0.2) is 24.5 Å². The number of para-hydroxylation sites is 1. The highest BCUT2D eigenvalue weighted by Crippen LogP contribution is 2.18. The minimum absolute atomic E-state index is 0.0498. The highest BCUT2D eigenvalue weighted by molar-refractivity contribution is 5.99. The van der Waals surface area contributed by atoms with Crippen LogP contribution in [-0.2, 0) is 11.3 Å². The van der Waals surface area contributed by atoms with Crippen LogP contribution in [0.5, 0.6) is 5.75 Å². The lowest BCUT2D eigenvalue weighted by Crippen LogP contribution is -2.49. The molecule has 0 radical (unpaired) electrons. The second kappa shape index (κ2) is 9.76. The molecule has 0 saturated heterocycles. The smallest absolute Gasteiger partial charge is 0.255 e. The number of rotatable bonds is 8. The van der Waals surface area contributed by atoms with E-state index in [4.69, 9.17) is 4.74 Å². The lowest BCUT2D eigenvalue weighted by atomic mass is 10.0. The lowest BCUT2D eigenvalue weighted by Gasteiger charge is -2.22. The van der Waals surface area contributed by atoms with Gasteiger partial charge in [0.05, 0.1) is 12.2 Å². The maximum Gasteiger partial charge on any atom is 0.255 e. The molecule has 0 heterocycles. The summed E-state index contributed by atoms with van der Waals surface area (Å²) in [6.07, 6.45) is 0. The van der Waals surface area contributed by atoms with Crippen molar-refractivity contribution in [2.75, 3.05) is 6.61 Å². The maximum atomic E-state index is 12.7. The zero-order valence-corrected chi connectivity index (χ0v) is 16.4. The van der Waals surface area contributed by atoms with Gasteiger partial charge in [-0.1, -0.05) is 55.8 Å². The quantitative estimate of drug-likeness (QED) is 0.750. The Morgan fingerprint density at radius 1 is 1.04 bits per heavy atom. The molecule has 0 aliphatic heterocycles. The first-order chi connectivity index (χ1) is 12.9. The Morgan fingerprint density at radius 2 is 1.70 bits per heavy atom. The van der Waals surface area contributed by atoms with Crippen LogP contribution in [0.15, 0.2) is 48.5 Å². The van der Waals surface area contributed by atoms with Gasteiger partial charge in [-0.25, -0.2) is 0 Å². The third-order valence-electron chi connectivity index (χ3n) is 4.25. The molecule has 2 amide bonds. The van der Waals surface area contributed by atoms with E-state index in [-0.39, 0.29) is 17.7 Å². The summed E-state index contributed by atoms with van der Waals surface area (Å²) in [6, 6.07) is 14.4. The Hall–Kier alpha value is -2.82. The molecule has 0 saturated carbocycles. The number of benzene rings is 2. The third kappa shape index (κ3) is 5.84. The van der Waals surface area contributed by atoms with Crippen molar-refractivity contribution in [2.45, 2.75) is 40.3 Å². The fraction of sp³-hybridized carbons (Fsp3) is 0.364. The van der Waals surface area contributed by atoms with E-state index in [0.717, 1.165) is 5.56 Å². The number of ether oxygens (including phenoxy) is 1. The molecule has 2 aromatic rings. The number of hydrogen-bond donors (Lipinski definition) is 2. The van der Waals surface area contributed by atoms with Crippen molar-refractivity contribution in [3.63, 3.8) is 0 Å². The van der Waals surface area contributed by atoms with E-state index in [0.29, 0.717) is 24.5 Å². The van der Waals surface area contributed by atoms with Crippen LogP contribution in [0.4, 0.5) is 0 Å². The summed E-state index contributed by atoms with van der Waals surface area (Å²) in [5.41, 5.74) is 2.62. The van der Waals surface area contributed by atoms with Crippen LogP contribution >= 0.6 is 0 Å². The van der Waals surface area contributed by atoms with Gasteiger partial charge in [0.25, 0.3) is 5.91 Å². The highest BCUT2D eigenvalue weighted by atomic mass is 16.5. The van der Waals surface area contributed by atoms with Gasteiger partial charge in [0.1, 0.15) is 11.8 Å². The van der Waals surface area contributed by atoms with Crippen molar-refractivity contribution < 1.29 is 14.3 Å². The van der Waals surface area contributed by atoms with E-state index in [1.165, 1.54) is 5.56 Å². The van der Waals surface area contributed by atoms with Gasteiger partial charge in [-0.05, 0) is 37.5 Å². The molecule has 2 rings (SSSR count). The van der Waals surface area contributed by atoms with Gasteiger partial charge in [0, 0.05) is 6.54 Å². The van der Waals surface area contributed by atoms with E-state index in [2.05, 4.69) is 10.6 Å². The Balaban J connectivity index is 2.04. The molecule has 0 spiro atoms. The van der Waals surface area contributed by atoms with Gasteiger partial charge in [0.2, 0.25) is 5.91 Å². The number of hydrogen-bond acceptors (Lipinski definition) is 3. The molecule has 27 heavy (non-hydrogen) atoms. The molecule has 0 bridgehead atoms. The lowest BCUT2D eigenvalue weighted by molar-refractivity contribution is -0.124. The first kappa shape index (κ1) is 20.5. The Labute approximate surface area is 161 Å². The minimum atomic E-state index is -0.627. The van der Waals surface area contributed by atoms with Crippen molar-refractivity contribution >= 4 is 11.8 Å². The Morgan fingerprint density at radius 3 is 2.33 bits per heavy atom. The van der Waals surface area contributed by atoms with Crippen LogP contribution in [0.3, 0.4) is 0 Å². The largest absolute Gasteiger partial charge is 0.493 e. The zero-order valence-electron chi connectivity index (χ0n) is 16.4. The molecule has 2 N–H and O–H groups in total. The molecule has 5 nitrogen and oxygen atoms in total. The van der Waals surface area contributed by atoms with E-state index < -0.39 is 6.04 Å². The standard InChI is InChI=1S/C22H28N2O3/c1-5-27-19-9-7-6-8-18(19)21(25)24-20(15(2)3)22(26)23-14-17-12-10-16(4)11-13-17/h6-13,15,20H,5,14H2,1-4H3,(H,23,26)(H,24,25)/t20-/m0/s1. The molecule has 0 unspecified atom stereocenters. The first-order valence-electron chi connectivity index (χ1n) is 9.28. The fourth-order valence-corrected chi connectivity index (χ4v) is 2.69. The first-order valence-corrected chi connectivity index (χ1v) is 9.28. The summed E-state index contributed by atoms with van der Waals surface area (Å²) >= 11 is 0. The predicted octanol–water partition coefficient (Wildman–Crippen LogP) is 3.46. The number of carbonyl (C=O) groups is 2. The zero-order chi connectivity index (χ0) is 19.8. The molecule has 0 aromatic heterocycles. The van der Waals surface area contributed by atoms with E-state index in [9.17, 15) is 9.59 Å². The number of aryl methyl sites for hydroxylation is 1. The monoisotopic (exact) mass is 368 g/mol. The Bertz CT molecular complexity index is 769. The van der Waals surface area contributed by atoms with Crippen molar-refractivity contribution in [2.24, 2.45) is 5.92 Å². The summed E-state index contributed by atoms with van der Waals surface area (Å²) in [6.45, 7) is 8.59. The van der Waals surface area contributed by atoms with Crippen LogP contribution < -0.4 is 15.4 Å². The number of amides is 2. The van der Waals surface area contributed by atoms with Crippen LogP contribution in [0.25, 0.3) is 0 Å². The predicted molar refractivity (Wildman–Crippen MR) is 107 cm³/mol. The van der Waals surface area contributed by atoms with Gasteiger partial charge in [-0.15, -0.1) is 0 Å². The Kier molecular flexibility index (Phi) is 7.41. The minimum Gasteiger partial charge on any atom is -0.493 e. The van der Waals surface area contributed by atoms with Gasteiger partial charge in [-0.2, -0.15) is 0 Å². The molecule has 0 aliphatic carbocycles.